The van der Waals surface area contributed by atoms with E-state index in [9.17, 15) is 0 Å². The first-order chi connectivity index (χ1) is 15.1. The fourth-order valence-electron chi connectivity index (χ4n) is 4.53. The van der Waals surface area contributed by atoms with Gasteiger partial charge in [-0.05, 0) is 49.2 Å². The van der Waals surface area contributed by atoms with Gasteiger partial charge in [-0.3, -0.25) is 9.97 Å². The third-order valence-corrected chi connectivity index (χ3v) is 7.75. The van der Waals surface area contributed by atoms with Crippen LogP contribution in [0.1, 0.15) is 25.5 Å². The molecule has 0 bridgehead atoms. The van der Waals surface area contributed by atoms with Gasteiger partial charge < -0.3 is 15.6 Å². The van der Waals surface area contributed by atoms with Crippen LogP contribution in [-0.2, 0) is 6.42 Å². The lowest BCUT2D eigenvalue weighted by molar-refractivity contribution is 0.499. The Bertz CT molecular complexity index is 1320. The van der Waals surface area contributed by atoms with Gasteiger partial charge in [0.15, 0.2) is 5.16 Å². The molecule has 158 valence electrons. The van der Waals surface area contributed by atoms with Gasteiger partial charge in [0.1, 0.15) is 11.5 Å². The Morgan fingerprint density at radius 1 is 1.29 bits per heavy atom. The lowest BCUT2D eigenvalue weighted by Gasteiger charge is -2.19. The van der Waals surface area contributed by atoms with Crippen LogP contribution < -0.4 is 10.6 Å². The second-order valence-electron chi connectivity index (χ2n) is 8.49. The molecule has 2 fully saturated rings. The highest BCUT2D eigenvalue weighted by Crippen LogP contribution is 2.53. The number of rotatable bonds is 4. The van der Waals surface area contributed by atoms with Crippen LogP contribution in [0.3, 0.4) is 0 Å². The molecule has 3 N–H and O–H groups in total. The first kappa shape index (κ1) is 19.3. The van der Waals surface area contributed by atoms with E-state index >= 15 is 0 Å². The summed E-state index contributed by atoms with van der Waals surface area (Å²) in [7, 11) is 0. The van der Waals surface area contributed by atoms with Crippen LogP contribution in [0.5, 0.6) is 0 Å². The normalized spacial score (nSPS) is 19.7. The zero-order chi connectivity index (χ0) is 21.2. The average molecular weight is 452 g/mol. The van der Waals surface area contributed by atoms with Crippen LogP contribution in [0, 0.1) is 5.41 Å². The number of aryl methyl sites for hydroxylation is 1. The van der Waals surface area contributed by atoms with Gasteiger partial charge in [0.25, 0.3) is 0 Å². The Morgan fingerprint density at radius 3 is 2.94 bits per heavy atom. The Morgan fingerprint density at radius 2 is 2.16 bits per heavy atom. The summed E-state index contributed by atoms with van der Waals surface area (Å²) in [6, 6.07) is 6.03. The first-order valence-corrected chi connectivity index (χ1v) is 11.7. The highest BCUT2D eigenvalue weighted by atomic mass is 35.5. The van der Waals surface area contributed by atoms with Gasteiger partial charge in [0, 0.05) is 47.5 Å². The topological polar surface area (TPSA) is 96.6 Å². The minimum absolute atomic E-state index is 0.174. The van der Waals surface area contributed by atoms with Crippen LogP contribution in [0.4, 0.5) is 5.82 Å². The molecule has 7 nitrogen and oxygen atoms in total. The SMILES string of the molecule is CCc1[nH]c2nc(Sc3cnc4cccnc4c3)nc(N3CC(N)C4(CC4)C3)c2c1Cl. The smallest absolute Gasteiger partial charge is 0.196 e. The zero-order valence-electron chi connectivity index (χ0n) is 17.1. The van der Waals surface area contributed by atoms with Crippen molar-refractivity contribution in [3.05, 3.63) is 41.3 Å². The fraction of sp³-hybridized carbons (Fsp3) is 0.364. The van der Waals surface area contributed by atoms with E-state index in [1.165, 1.54) is 24.6 Å². The number of nitrogens with one attached hydrogen (secondary N) is 1. The van der Waals surface area contributed by atoms with Gasteiger partial charge in [-0.25, -0.2) is 9.97 Å². The van der Waals surface area contributed by atoms with Crippen LogP contribution in [-0.4, -0.2) is 44.1 Å². The molecule has 1 saturated carbocycles. The van der Waals surface area contributed by atoms with Crippen molar-refractivity contribution in [2.45, 2.75) is 42.3 Å². The van der Waals surface area contributed by atoms with Crippen molar-refractivity contribution in [1.29, 1.82) is 0 Å². The number of aromatic amines is 1. The second kappa shape index (κ2) is 7.05. The summed E-state index contributed by atoms with van der Waals surface area (Å²) in [5.41, 5.74) is 10.2. The molecule has 1 spiro atoms. The highest BCUT2D eigenvalue weighted by Gasteiger charge is 2.54. The standard InChI is InChI=1S/C22H22ClN7S/c1-2-13-18(23)17-19(27-13)28-21(29-20(17)30-10-16(24)22(11-30)5-6-22)31-12-8-15-14(26-9-12)4-3-7-25-15/h3-4,7-9,16H,2,5-6,10-11,24H2,1H3,(H,27,28,29). The number of pyridine rings is 2. The summed E-state index contributed by atoms with van der Waals surface area (Å²) in [5.74, 6) is 0.875. The Balaban J connectivity index is 1.44. The maximum atomic E-state index is 6.75. The third-order valence-electron chi connectivity index (χ3n) is 6.51. The lowest BCUT2D eigenvalue weighted by atomic mass is 10.0. The summed E-state index contributed by atoms with van der Waals surface area (Å²) in [5, 5.41) is 2.27. The van der Waals surface area contributed by atoms with Gasteiger partial charge in [-0.1, -0.05) is 18.5 Å². The van der Waals surface area contributed by atoms with Crippen molar-refractivity contribution in [3.63, 3.8) is 0 Å². The molecule has 5 heterocycles. The molecular weight excluding hydrogens is 430 g/mol. The molecule has 1 unspecified atom stereocenters. The van der Waals surface area contributed by atoms with E-state index < -0.39 is 0 Å². The van der Waals surface area contributed by atoms with Crippen molar-refractivity contribution < 1.29 is 0 Å². The number of H-pyrrole nitrogens is 1. The van der Waals surface area contributed by atoms with Crippen molar-refractivity contribution >= 4 is 51.2 Å². The monoisotopic (exact) mass is 451 g/mol. The molecule has 2 aliphatic rings. The average Bonchev–Trinajstić information content (AvgIpc) is 3.39. The quantitative estimate of drug-likeness (QED) is 0.449. The predicted octanol–water partition coefficient (Wildman–Crippen LogP) is 4.20. The second-order valence-corrected chi connectivity index (χ2v) is 9.91. The minimum atomic E-state index is 0.174. The number of fused-ring (bicyclic) bond motifs is 2. The van der Waals surface area contributed by atoms with E-state index in [0.717, 1.165) is 58.0 Å². The number of aromatic nitrogens is 5. The molecule has 1 atom stereocenters. The van der Waals surface area contributed by atoms with E-state index in [-0.39, 0.29) is 11.5 Å². The predicted molar refractivity (Wildman–Crippen MR) is 124 cm³/mol. The molecular formula is C22H22ClN7S. The molecule has 0 aromatic carbocycles. The van der Waals surface area contributed by atoms with Gasteiger partial charge in [-0.2, -0.15) is 0 Å². The van der Waals surface area contributed by atoms with Crippen molar-refractivity contribution in [3.8, 4) is 0 Å². The van der Waals surface area contributed by atoms with E-state index in [1.807, 2.05) is 24.4 Å². The number of anilines is 1. The Kier molecular flexibility index (Phi) is 4.38. The third kappa shape index (κ3) is 3.16. The van der Waals surface area contributed by atoms with Crippen LogP contribution >= 0.6 is 23.4 Å². The molecule has 0 amide bonds. The molecule has 0 radical (unpaired) electrons. The van der Waals surface area contributed by atoms with Gasteiger partial charge in [0.2, 0.25) is 0 Å². The van der Waals surface area contributed by atoms with Gasteiger partial charge in [0.05, 0.1) is 21.4 Å². The molecule has 1 aliphatic carbocycles. The van der Waals surface area contributed by atoms with Crippen molar-refractivity contribution in [1.82, 2.24) is 24.9 Å². The molecule has 1 saturated heterocycles. The van der Waals surface area contributed by atoms with Crippen LogP contribution in [0.25, 0.3) is 22.1 Å². The van der Waals surface area contributed by atoms with E-state index in [4.69, 9.17) is 27.3 Å². The molecule has 1 aliphatic heterocycles. The Labute approximate surface area is 188 Å². The number of hydrogen-bond donors (Lipinski definition) is 2. The number of nitrogens with zero attached hydrogens (tertiary/aromatic N) is 5. The molecule has 4 aromatic heterocycles. The number of nitrogens with two attached hydrogens (primary N) is 1. The van der Waals surface area contributed by atoms with Crippen LogP contribution in [0.2, 0.25) is 5.02 Å². The first-order valence-electron chi connectivity index (χ1n) is 10.5. The highest BCUT2D eigenvalue weighted by molar-refractivity contribution is 7.99. The van der Waals surface area contributed by atoms with E-state index in [0.29, 0.717) is 10.2 Å². The zero-order valence-corrected chi connectivity index (χ0v) is 18.7. The summed E-state index contributed by atoms with van der Waals surface area (Å²) in [6.45, 7) is 3.80. The van der Waals surface area contributed by atoms with Gasteiger partial charge >= 0.3 is 0 Å². The van der Waals surface area contributed by atoms with E-state index in [1.54, 1.807) is 6.20 Å². The summed E-state index contributed by atoms with van der Waals surface area (Å²) < 4.78 is 0. The van der Waals surface area contributed by atoms with Crippen molar-refractivity contribution in [2.24, 2.45) is 11.1 Å². The number of hydrogen-bond acceptors (Lipinski definition) is 7. The molecule has 31 heavy (non-hydrogen) atoms. The summed E-state index contributed by atoms with van der Waals surface area (Å²) in [4.78, 5) is 25.3. The minimum Gasteiger partial charge on any atom is -0.354 e. The van der Waals surface area contributed by atoms with Crippen LogP contribution in [0.15, 0.2) is 40.6 Å². The summed E-state index contributed by atoms with van der Waals surface area (Å²) >= 11 is 8.23. The lowest BCUT2D eigenvalue weighted by Crippen LogP contribution is -2.30. The van der Waals surface area contributed by atoms with E-state index in [2.05, 4.69) is 26.8 Å². The Hall–Kier alpha value is -2.42. The molecule has 4 aromatic rings. The molecule has 9 heteroatoms. The van der Waals surface area contributed by atoms with Crippen molar-refractivity contribution in [2.75, 3.05) is 18.0 Å². The maximum absolute atomic E-state index is 6.75. The maximum Gasteiger partial charge on any atom is 0.196 e. The largest absolute Gasteiger partial charge is 0.354 e. The summed E-state index contributed by atoms with van der Waals surface area (Å²) in [6.07, 6.45) is 6.80. The molecule has 6 rings (SSSR count). The fourth-order valence-corrected chi connectivity index (χ4v) is 5.64. The van der Waals surface area contributed by atoms with Gasteiger partial charge in [-0.15, -0.1) is 0 Å². The number of halogens is 1.